The number of ether oxygens (including phenoxy) is 1. The number of benzene rings is 1. The lowest BCUT2D eigenvalue weighted by atomic mass is 10.1. The van der Waals surface area contributed by atoms with Gasteiger partial charge in [-0.15, -0.1) is 0 Å². The number of hydrogen-bond donors (Lipinski definition) is 2. The lowest BCUT2D eigenvalue weighted by Crippen LogP contribution is -2.47. The van der Waals surface area contributed by atoms with Crippen LogP contribution in [-0.4, -0.2) is 62.0 Å². The van der Waals surface area contributed by atoms with Crippen LogP contribution in [0.25, 0.3) is 0 Å². The predicted molar refractivity (Wildman–Crippen MR) is 87.8 cm³/mol. The maximum Gasteiger partial charge on any atom is 0.416 e. The zero-order valence-electron chi connectivity index (χ0n) is 14.0. The maximum absolute atomic E-state index is 13.0. The van der Waals surface area contributed by atoms with E-state index < -0.39 is 17.8 Å². The largest absolute Gasteiger partial charge is 0.450 e. The van der Waals surface area contributed by atoms with Gasteiger partial charge < -0.3 is 14.7 Å². The second-order valence-electron chi connectivity index (χ2n) is 5.63. The Morgan fingerprint density at radius 1 is 1.28 bits per heavy atom. The van der Waals surface area contributed by atoms with E-state index in [1.165, 1.54) is 6.07 Å². The molecule has 1 fully saturated rings. The number of alkyl halides is 3. The van der Waals surface area contributed by atoms with E-state index in [0.29, 0.717) is 38.4 Å². The smallest absolute Gasteiger partial charge is 0.416 e. The van der Waals surface area contributed by atoms with Crippen LogP contribution in [0, 0.1) is 0 Å². The molecule has 6 nitrogen and oxygen atoms in total. The molecule has 0 aliphatic carbocycles. The highest BCUT2D eigenvalue weighted by molar-refractivity contribution is 5.90. The first-order chi connectivity index (χ1) is 11.8. The van der Waals surface area contributed by atoms with Crippen molar-refractivity contribution in [1.29, 1.82) is 0 Å². The van der Waals surface area contributed by atoms with E-state index in [2.05, 4.69) is 10.2 Å². The predicted octanol–water partition coefficient (Wildman–Crippen LogP) is 2.39. The van der Waals surface area contributed by atoms with E-state index in [9.17, 15) is 18.0 Å². The lowest BCUT2D eigenvalue weighted by molar-refractivity contribution is -0.137. The third kappa shape index (κ3) is 5.23. The van der Waals surface area contributed by atoms with E-state index >= 15 is 0 Å². The molecule has 25 heavy (non-hydrogen) atoms. The van der Waals surface area contributed by atoms with Gasteiger partial charge in [0.2, 0.25) is 0 Å². The topological polar surface area (TPSA) is 65.0 Å². The maximum atomic E-state index is 13.0. The molecule has 0 spiro atoms. The van der Waals surface area contributed by atoms with Crippen molar-refractivity contribution in [2.45, 2.75) is 13.1 Å². The molecule has 1 aromatic rings. The summed E-state index contributed by atoms with van der Waals surface area (Å²) in [6, 6.07) is 3.30. The standard InChI is InChI=1S/C16H22F3N3O3/c1-2-25-15(24)20-13-11-12(16(17,18)19)3-4-14(13)22-7-5-21(6-8-22)9-10-23/h3-4,11,23H,2,5-10H2,1H3,(H,20,24). The Kier molecular flexibility index (Phi) is 6.49. The van der Waals surface area contributed by atoms with Gasteiger partial charge in [-0.05, 0) is 25.1 Å². The minimum atomic E-state index is -4.50. The molecule has 0 radical (unpaired) electrons. The first kappa shape index (κ1) is 19.3. The van der Waals surface area contributed by atoms with Crippen LogP contribution in [0.3, 0.4) is 0 Å². The van der Waals surface area contributed by atoms with Gasteiger partial charge in [0.05, 0.1) is 30.2 Å². The normalized spacial score (nSPS) is 16.0. The first-order valence-electron chi connectivity index (χ1n) is 8.08. The van der Waals surface area contributed by atoms with Gasteiger partial charge in [0.1, 0.15) is 0 Å². The number of anilines is 2. The third-order valence-corrected chi connectivity index (χ3v) is 3.97. The van der Waals surface area contributed by atoms with E-state index in [-0.39, 0.29) is 18.9 Å². The Morgan fingerprint density at radius 3 is 2.52 bits per heavy atom. The number of β-amino-alcohol motifs (C(OH)–C–C–N with tert-alkyl or cyclic N) is 1. The molecule has 0 saturated carbocycles. The average Bonchev–Trinajstić information content (AvgIpc) is 2.55. The number of rotatable bonds is 5. The quantitative estimate of drug-likeness (QED) is 0.843. The van der Waals surface area contributed by atoms with Crippen LogP contribution >= 0.6 is 0 Å². The van der Waals surface area contributed by atoms with Gasteiger partial charge in [0.25, 0.3) is 0 Å². The minimum absolute atomic E-state index is 0.0654. The summed E-state index contributed by atoms with van der Waals surface area (Å²) >= 11 is 0. The summed E-state index contributed by atoms with van der Waals surface area (Å²) in [7, 11) is 0. The molecule has 1 saturated heterocycles. The number of halogens is 3. The van der Waals surface area contributed by atoms with Crippen molar-refractivity contribution in [2.75, 3.05) is 56.2 Å². The molecular weight excluding hydrogens is 339 g/mol. The second-order valence-corrected chi connectivity index (χ2v) is 5.63. The second kappa shape index (κ2) is 8.39. The Morgan fingerprint density at radius 2 is 1.96 bits per heavy atom. The molecule has 1 amide bonds. The Balaban J connectivity index is 2.22. The van der Waals surface area contributed by atoms with Crippen molar-refractivity contribution < 1.29 is 27.8 Å². The number of aliphatic hydroxyl groups excluding tert-OH is 1. The average molecular weight is 361 g/mol. The number of carbonyl (C=O) groups excluding carboxylic acids is 1. The van der Waals surface area contributed by atoms with Crippen LogP contribution in [0.1, 0.15) is 12.5 Å². The Labute approximate surface area is 144 Å². The first-order valence-corrected chi connectivity index (χ1v) is 8.08. The number of nitrogens with one attached hydrogen (secondary N) is 1. The molecule has 1 heterocycles. The van der Waals surface area contributed by atoms with Gasteiger partial charge in [0, 0.05) is 32.7 Å². The van der Waals surface area contributed by atoms with Crippen LogP contribution in [0.15, 0.2) is 18.2 Å². The summed E-state index contributed by atoms with van der Waals surface area (Å²) < 4.78 is 43.7. The SMILES string of the molecule is CCOC(=O)Nc1cc(C(F)(F)F)ccc1N1CCN(CCO)CC1. The summed E-state index contributed by atoms with van der Waals surface area (Å²) in [5, 5.41) is 11.4. The van der Waals surface area contributed by atoms with E-state index in [1.54, 1.807) is 6.92 Å². The lowest BCUT2D eigenvalue weighted by Gasteiger charge is -2.36. The van der Waals surface area contributed by atoms with Crippen molar-refractivity contribution in [3.63, 3.8) is 0 Å². The molecule has 0 atom stereocenters. The highest BCUT2D eigenvalue weighted by atomic mass is 19.4. The Hall–Kier alpha value is -2.00. The van der Waals surface area contributed by atoms with Crippen LogP contribution < -0.4 is 10.2 Å². The number of carbonyl (C=O) groups is 1. The number of aliphatic hydroxyl groups is 1. The molecule has 2 rings (SSSR count). The zero-order chi connectivity index (χ0) is 18.4. The van der Waals surface area contributed by atoms with E-state index in [4.69, 9.17) is 9.84 Å². The van der Waals surface area contributed by atoms with E-state index in [1.807, 2.05) is 4.90 Å². The monoisotopic (exact) mass is 361 g/mol. The molecule has 9 heteroatoms. The van der Waals surface area contributed by atoms with Crippen molar-refractivity contribution in [3.8, 4) is 0 Å². The van der Waals surface area contributed by atoms with Crippen molar-refractivity contribution in [2.24, 2.45) is 0 Å². The van der Waals surface area contributed by atoms with Gasteiger partial charge in [-0.1, -0.05) is 0 Å². The fourth-order valence-electron chi connectivity index (χ4n) is 2.72. The Bertz CT molecular complexity index is 588. The van der Waals surface area contributed by atoms with Gasteiger partial charge in [-0.25, -0.2) is 4.79 Å². The van der Waals surface area contributed by atoms with Crippen LogP contribution in [-0.2, 0) is 10.9 Å². The summed E-state index contributed by atoms with van der Waals surface area (Å²) in [5.41, 5.74) is -0.240. The van der Waals surface area contributed by atoms with E-state index in [0.717, 1.165) is 12.1 Å². The molecule has 140 valence electrons. The van der Waals surface area contributed by atoms with Gasteiger partial charge >= 0.3 is 12.3 Å². The fraction of sp³-hybridized carbons (Fsp3) is 0.562. The molecule has 0 bridgehead atoms. The van der Waals surface area contributed by atoms with Crippen molar-refractivity contribution in [3.05, 3.63) is 23.8 Å². The molecule has 0 unspecified atom stereocenters. The van der Waals surface area contributed by atoms with Crippen LogP contribution in [0.2, 0.25) is 0 Å². The summed E-state index contributed by atoms with van der Waals surface area (Å²) in [6.07, 6.45) is -5.29. The molecular formula is C16H22F3N3O3. The molecule has 2 N–H and O–H groups in total. The summed E-state index contributed by atoms with van der Waals surface area (Å²) in [6.45, 7) is 4.91. The number of hydrogen-bond acceptors (Lipinski definition) is 5. The molecule has 0 aromatic heterocycles. The number of nitrogens with zero attached hydrogens (tertiary/aromatic N) is 2. The molecule has 1 aliphatic heterocycles. The van der Waals surface area contributed by atoms with Crippen molar-refractivity contribution in [1.82, 2.24) is 4.90 Å². The van der Waals surface area contributed by atoms with Crippen molar-refractivity contribution >= 4 is 17.5 Å². The fourth-order valence-corrected chi connectivity index (χ4v) is 2.72. The highest BCUT2D eigenvalue weighted by Crippen LogP contribution is 2.35. The minimum Gasteiger partial charge on any atom is -0.450 e. The van der Waals surface area contributed by atoms with Gasteiger partial charge in [-0.2, -0.15) is 13.2 Å². The van der Waals surface area contributed by atoms with Gasteiger partial charge in [0.15, 0.2) is 0 Å². The molecule has 1 aliphatic rings. The van der Waals surface area contributed by atoms with Crippen LogP contribution in [0.5, 0.6) is 0 Å². The third-order valence-electron chi connectivity index (χ3n) is 3.97. The van der Waals surface area contributed by atoms with Gasteiger partial charge in [-0.3, -0.25) is 10.2 Å². The highest BCUT2D eigenvalue weighted by Gasteiger charge is 2.32. The van der Waals surface area contributed by atoms with Crippen LogP contribution in [0.4, 0.5) is 29.3 Å². The molecule has 1 aromatic carbocycles. The summed E-state index contributed by atoms with van der Waals surface area (Å²) in [5.74, 6) is 0. The number of amides is 1. The number of piperazine rings is 1. The zero-order valence-corrected chi connectivity index (χ0v) is 14.0. The summed E-state index contributed by atoms with van der Waals surface area (Å²) in [4.78, 5) is 15.7.